The SMILES string of the molecule is CCOC(=O)C(N)Cc1cc(C)n(CCOC)c1C. The lowest BCUT2D eigenvalue weighted by atomic mass is 10.1. The zero-order chi connectivity index (χ0) is 14.4. The van der Waals surface area contributed by atoms with Crippen molar-refractivity contribution in [2.24, 2.45) is 5.73 Å². The molecule has 0 amide bonds. The molecule has 0 spiro atoms. The molecule has 0 saturated carbocycles. The Bertz CT molecular complexity index is 427. The average molecular weight is 268 g/mol. The van der Waals surface area contributed by atoms with Crippen LogP contribution in [-0.4, -0.2) is 36.9 Å². The van der Waals surface area contributed by atoms with Crippen LogP contribution in [0.1, 0.15) is 23.9 Å². The summed E-state index contributed by atoms with van der Waals surface area (Å²) in [5, 5.41) is 0. The Labute approximate surface area is 114 Å². The van der Waals surface area contributed by atoms with Crippen LogP contribution in [0.25, 0.3) is 0 Å². The van der Waals surface area contributed by atoms with Gasteiger partial charge >= 0.3 is 5.97 Å². The van der Waals surface area contributed by atoms with Crippen molar-refractivity contribution in [2.75, 3.05) is 20.3 Å². The van der Waals surface area contributed by atoms with Gasteiger partial charge in [-0.2, -0.15) is 0 Å². The van der Waals surface area contributed by atoms with Gasteiger partial charge in [0.15, 0.2) is 0 Å². The molecule has 2 N–H and O–H groups in total. The van der Waals surface area contributed by atoms with Gasteiger partial charge in [0, 0.05) is 25.0 Å². The monoisotopic (exact) mass is 268 g/mol. The second-order valence-electron chi connectivity index (χ2n) is 4.60. The Kier molecular flexibility index (Phi) is 6.05. The number of rotatable bonds is 7. The van der Waals surface area contributed by atoms with Crippen LogP contribution < -0.4 is 5.73 Å². The van der Waals surface area contributed by atoms with E-state index >= 15 is 0 Å². The van der Waals surface area contributed by atoms with E-state index in [9.17, 15) is 4.79 Å². The maximum absolute atomic E-state index is 11.5. The summed E-state index contributed by atoms with van der Waals surface area (Å²) in [5.41, 5.74) is 9.23. The predicted molar refractivity (Wildman–Crippen MR) is 74.1 cm³/mol. The first-order valence-electron chi connectivity index (χ1n) is 6.58. The second kappa shape index (κ2) is 7.31. The van der Waals surface area contributed by atoms with Crippen LogP contribution in [0.2, 0.25) is 0 Å². The van der Waals surface area contributed by atoms with E-state index in [4.69, 9.17) is 15.2 Å². The van der Waals surface area contributed by atoms with Crippen LogP contribution in [0.5, 0.6) is 0 Å². The topological polar surface area (TPSA) is 66.5 Å². The third kappa shape index (κ3) is 4.08. The van der Waals surface area contributed by atoms with Crippen molar-refractivity contribution in [3.05, 3.63) is 23.0 Å². The molecule has 0 bridgehead atoms. The van der Waals surface area contributed by atoms with Crippen molar-refractivity contribution >= 4 is 5.97 Å². The molecule has 1 atom stereocenters. The van der Waals surface area contributed by atoms with Crippen LogP contribution in [0, 0.1) is 13.8 Å². The van der Waals surface area contributed by atoms with Crippen molar-refractivity contribution < 1.29 is 14.3 Å². The summed E-state index contributed by atoms with van der Waals surface area (Å²) in [6, 6.07) is 1.47. The summed E-state index contributed by atoms with van der Waals surface area (Å²) >= 11 is 0. The van der Waals surface area contributed by atoms with E-state index in [2.05, 4.69) is 10.6 Å². The molecule has 1 unspecified atom stereocenters. The number of ether oxygens (including phenoxy) is 2. The molecule has 1 aromatic heterocycles. The maximum atomic E-state index is 11.5. The zero-order valence-electron chi connectivity index (χ0n) is 12.2. The van der Waals surface area contributed by atoms with Crippen LogP contribution in [0.3, 0.4) is 0 Å². The average Bonchev–Trinajstić information content (AvgIpc) is 2.62. The van der Waals surface area contributed by atoms with Crippen molar-refractivity contribution in [3.63, 3.8) is 0 Å². The van der Waals surface area contributed by atoms with Gasteiger partial charge in [0.05, 0.1) is 13.2 Å². The lowest BCUT2D eigenvalue weighted by Gasteiger charge is -2.12. The standard InChI is InChI=1S/C14H24N2O3/c1-5-19-14(17)13(15)9-12-8-10(2)16(11(12)3)6-7-18-4/h8,13H,5-7,9,15H2,1-4H3. The Hall–Kier alpha value is -1.33. The van der Waals surface area contributed by atoms with E-state index in [-0.39, 0.29) is 5.97 Å². The molecule has 5 heteroatoms. The highest BCUT2D eigenvalue weighted by Gasteiger charge is 2.18. The molecule has 0 saturated heterocycles. The molecule has 0 aliphatic rings. The third-order valence-electron chi connectivity index (χ3n) is 3.23. The molecule has 0 radical (unpaired) electrons. The molecule has 1 rings (SSSR count). The number of aryl methyl sites for hydroxylation is 1. The molecule has 108 valence electrons. The first-order chi connectivity index (χ1) is 9.01. The lowest BCUT2D eigenvalue weighted by molar-refractivity contribution is -0.144. The number of hydrogen-bond acceptors (Lipinski definition) is 4. The minimum atomic E-state index is -0.601. The molecule has 19 heavy (non-hydrogen) atoms. The van der Waals surface area contributed by atoms with E-state index in [0.29, 0.717) is 19.6 Å². The van der Waals surface area contributed by atoms with E-state index in [1.165, 1.54) is 0 Å². The molecular formula is C14H24N2O3. The van der Waals surface area contributed by atoms with Gasteiger partial charge in [0.2, 0.25) is 0 Å². The van der Waals surface area contributed by atoms with Gasteiger partial charge in [-0.25, -0.2) is 0 Å². The Morgan fingerprint density at radius 1 is 1.47 bits per heavy atom. The number of methoxy groups -OCH3 is 1. The third-order valence-corrected chi connectivity index (χ3v) is 3.23. The summed E-state index contributed by atoms with van der Waals surface area (Å²) in [6.45, 7) is 7.70. The summed E-state index contributed by atoms with van der Waals surface area (Å²) in [4.78, 5) is 11.5. The summed E-state index contributed by atoms with van der Waals surface area (Å²) in [7, 11) is 1.69. The Balaban J connectivity index is 2.76. The van der Waals surface area contributed by atoms with Gasteiger partial charge in [-0.05, 0) is 38.8 Å². The molecule has 1 aromatic rings. The quantitative estimate of drug-likeness (QED) is 0.754. The highest BCUT2D eigenvalue weighted by atomic mass is 16.5. The first kappa shape index (κ1) is 15.7. The lowest BCUT2D eigenvalue weighted by Crippen LogP contribution is -2.34. The fourth-order valence-corrected chi connectivity index (χ4v) is 2.18. The van der Waals surface area contributed by atoms with Crippen LogP contribution in [0.4, 0.5) is 0 Å². The number of aromatic nitrogens is 1. The highest BCUT2D eigenvalue weighted by molar-refractivity contribution is 5.75. The van der Waals surface area contributed by atoms with E-state index in [0.717, 1.165) is 23.5 Å². The fraction of sp³-hybridized carbons (Fsp3) is 0.643. The normalized spacial score (nSPS) is 12.5. The number of nitrogens with two attached hydrogens (primary N) is 1. The van der Waals surface area contributed by atoms with E-state index in [1.807, 2.05) is 13.8 Å². The molecule has 0 aliphatic heterocycles. The van der Waals surface area contributed by atoms with Crippen molar-refractivity contribution in [1.82, 2.24) is 4.57 Å². The maximum Gasteiger partial charge on any atom is 0.323 e. The molecule has 1 heterocycles. The molecular weight excluding hydrogens is 244 g/mol. The van der Waals surface area contributed by atoms with E-state index < -0.39 is 6.04 Å². The Morgan fingerprint density at radius 2 is 2.16 bits per heavy atom. The summed E-state index contributed by atoms with van der Waals surface area (Å²) in [5.74, 6) is -0.343. The van der Waals surface area contributed by atoms with Gasteiger partial charge < -0.3 is 19.8 Å². The minimum Gasteiger partial charge on any atom is -0.465 e. The van der Waals surface area contributed by atoms with Gasteiger partial charge in [0.1, 0.15) is 6.04 Å². The molecule has 0 aromatic carbocycles. The van der Waals surface area contributed by atoms with Gasteiger partial charge in [-0.1, -0.05) is 0 Å². The second-order valence-corrected chi connectivity index (χ2v) is 4.60. The van der Waals surface area contributed by atoms with Crippen LogP contribution >= 0.6 is 0 Å². The van der Waals surface area contributed by atoms with Gasteiger partial charge in [-0.15, -0.1) is 0 Å². The van der Waals surface area contributed by atoms with Crippen LogP contribution in [-0.2, 0) is 27.2 Å². The van der Waals surface area contributed by atoms with Crippen molar-refractivity contribution in [2.45, 2.75) is 39.8 Å². The summed E-state index contributed by atoms with van der Waals surface area (Å²) < 4.78 is 12.2. The highest BCUT2D eigenvalue weighted by Crippen LogP contribution is 2.16. The number of hydrogen-bond donors (Lipinski definition) is 1. The summed E-state index contributed by atoms with van der Waals surface area (Å²) in [6.07, 6.45) is 0.505. The zero-order valence-corrected chi connectivity index (χ0v) is 12.2. The number of nitrogens with zero attached hydrogens (tertiary/aromatic N) is 1. The largest absolute Gasteiger partial charge is 0.465 e. The van der Waals surface area contributed by atoms with E-state index in [1.54, 1.807) is 14.0 Å². The molecule has 0 fully saturated rings. The number of carbonyl (C=O) groups excluding carboxylic acids is 1. The van der Waals surface area contributed by atoms with Crippen LogP contribution in [0.15, 0.2) is 6.07 Å². The molecule has 5 nitrogen and oxygen atoms in total. The fourth-order valence-electron chi connectivity index (χ4n) is 2.18. The van der Waals surface area contributed by atoms with Gasteiger partial charge in [-0.3, -0.25) is 4.79 Å². The van der Waals surface area contributed by atoms with Crippen molar-refractivity contribution in [1.29, 1.82) is 0 Å². The first-order valence-corrected chi connectivity index (χ1v) is 6.58. The van der Waals surface area contributed by atoms with Crippen molar-refractivity contribution in [3.8, 4) is 0 Å². The number of esters is 1. The minimum absolute atomic E-state index is 0.343. The molecule has 0 aliphatic carbocycles. The number of carbonyl (C=O) groups is 1. The predicted octanol–water partition coefficient (Wildman–Crippen LogP) is 1.18. The smallest absolute Gasteiger partial charge is 0.323 e. The van der Waals surface area contributed by atoms with Gasteiger partial charge in [0.25, 0.3) is 0 Å². The Morgan fingerprint density at radius 3 is 2.74 bits per heavy atom.